The normalized spacial score (nSPS) is 15.3. The average Bonchev–Trinajstić information content (AvgIpc) is 3.39. The molecule has 0 spiro atoms. The van der Waals surface area contributed by atoms with Crippen molar-refractivity contribution in [1.82, 2.24) is 15.1 Å². The van der Waals surface area contributed by atoms with Crippen molar-refractivity contribution in [3.8, 4) is 0 Å². The number of hydrogen-bond donors (Lipinski definition) is 2. The molecule has 0 saturated carbocycles. The summed E-state index contributed by atoms with van der Waals surface area (Å²) in [7, 11) is 0. The molecule has 0 fully saturated rings. The fourth-order valence-corrected chi connectivity index (χ4v) is 3.85. The van der Waals surface area contributed by atoms with Gasteiger partial charge in [-0.05, 0) is 25.0 Å². The van der Waals surface area contributed by atoms with Gasteiger partial charge in [0.15, 0.2) is 18.1 Å². The third kappa shape index (κ3) is 4.30. The summed E-state index contributed by atoms with van der Waals surface area (Å²) in [6.45, 7) is 0.150. The van der Waals surface area contributed by atoms with Crippen LogP contribution in [0, 0.1) is 5.82 Å². The Hall–Kier alpha value is -4.54. The Bertz CT molecular complexity index is 1460. The first-order valence-corrected chi connectivity index (χ1v) is 11.0. The summed E-state index contributed by atoms with van der Waals surface area (Å²) >= 11 is 0. The van der Waals surface area contributed by atoms with Gasteiger partial charge in [0.25, 0.3) is 11.6 Å². The van der Waals surface area contributed by atoms with Crippen LogP contribution in [0.15, 0.2) is 77.2 Å². The number of aromatic nitrogens is 3. The Balaban J connectivity index is 1.41. The molecule has 2 aromatic heterocycles. The molecule has 0 atom stereocenters. The number of hydrogen-bond acceptors (Lipinski definition) is 6. The second-order valence-corrected chi connectivity index (χ2v) is 8.14. The maximum Gasteiger partial charge on any atom is 0.349 e. The fourth-order valence-electron chi connectivity index (χ4n) is 3.85. The highest BCUT2D eigenvalue weighted by Gasteiger charge is 2.42. The molecule has 3 N–H and O–H groups in total. The predicted octanol–water partition coefficient (Wildman–Crippen LogP) is 4.09. The van der Waals surface area contributed by atoms with Crippen LogP contribution in [0.2, 0.25) is 0 Å². The molecule has 0 unspecified atom stereocenters. The van der Waals surface area contributed by atoms with Gasteiger partial charge in [-0.25, -0.2) is 14.4 Å². The van der Waals surface area contributed by atoms with Gasteiger partial charge in [0.2, 0.25) is 11.5 Å². The van der Waals surface area contributed by atoms with E-state index >= 15 is 0 Å². The van der Waals surface area contributed by atoms with E-state index in [0.29, 0.717) is 35.5 Å². The summed E-state index contributed by atoms with van der Waals surface area (Å²) in [5.74, 6) is -5.69. The highest BCUT2D eigenvalue weighted by molar-refractivity contribution is 6.11. The Morgan fingerprint density at radius 1 is 1.22 bits per heavy atom. The van der Waals surface area contributed by atoms with Crippen LogP contribution in [-0.4, -0.2) is 37.2 Å². The maximum atomic E-state index is 14.6. The SMILES string of the molecule is Nc1nc(C2=[N+](Cc3ccccc3F)C(c3ccon3)=C2)ncc1NC(=O)C(F)(F)C1=CCCC=C1. The van der Waals surface area contributed by atoms with Crippen LogP contribution < -0.4 is 11.1 Å². The van der Waals surface area contributed by atoms with Crippen molar-refractivity contribution in [1.29, 1.82) is 0 Å². The zero-order valence-corrected chi connectivity index (χ0v) is 18.8. The van der Waals surface area contributed by atoms with Crippen LogP contribution in [0.5, 0.6) is 0 Å². The molecular formula is C25H20F3N6O2+. The molecule has 5 rings (SSSR count). The van der Waals surface area contributed by atoms with Gasteiger partial charge in [-0.3, -0.25) is 4.79 Å². The van der Waals surface area contributed by atoms with Crippen molar-refractivity contribution in [2.75, 3.05) is 11.1 Å². The van der Waals surface area contributed by atoms with Crippen molar-refractivity contribution < 1.29 is 27.1 Å². The number of carbonyl (C=O) groups is 1. The number of nitrogens with zero attached hydrogens (tertiary/aromatic N) is 4. The minimum atomic E-state index is -3.74. The molecule has 0 saturated heterocycles. The Morgan fingerprint density at radius 3 is 2.75 bits per heavy atom. The van der Waals surface area contributed by atoms with E-state index in [1.54, 1.807) is 41.0 Å². The van der Waals surface area contributed by atoms with Crippen molar-refractivity contribution in [2.24, 2.45) is 0 Å². The first-order valence-electron chi connectivity index (χ1n) is 11.0. The van der Waals surface area contributed by atoms with E-state index in [4.69, 9.17) is 10.3 Å². The van der Waals surface area contributed by atoms with Gasteiger partial charge in [-0.15, -0.1) is 0 Å². The first kappa shape index (κ1) is 23.2. The van der Waals surface area contributed by atoms with Gasteiger partial charge < -0.3 is 15.6 Å². The van der Waals surface area contributed by atoms with Crippen LogP contribution >= 0.6 is 0 Å². The van der Waals surface area contributed by atoms with E-state index < -0.39 is 11.8 Å². The monoisotopic (exact) mass is 493 g/mol. The predicted molar refractivity (Wildman–Crippen MR) is 125 cm³/mol. The largest absolute Gasteiger partial charge is 0.382 e. The molecule has 3 heterocycles. The summed E-state index contributed by atoms with van der Waals surface area (Å²) in [5, 5.41) is 6.04. The minimum absolute atomic E-state index is 0.148. The lowest BCUT2D eigenvalue weighted by Crippen LogP contribution is -2.36. The zero-order chi connectivity index (χ0) is 25.3. The van der Waals surface area contributed by atoms with Crippen LogP contribution in [0.4, 0.5) is 24.7 Å². The average molecular weight is 493 g/mol. The number of alkyl halides is 2. The highest BCUT2D eigenvalue weighted by atomic mass is 19.3. The smallest absolute Gasteiger partial charge is 0.349 e. The van der Waals surface area contributed by atoms with Gasteiger partial charge in [0.1, 0.15) is 17.8 Å². The van der Waals surface area contributed by atoms with E-state index in [1.165, 1.54) is 24.5 Å². The van der Waals surface area contributed by atoms with Gasteiger partial charge >= 0.3 is 5.92 Å². The second-order valence-electron chi connectivity index (χ2n) is 8.14. The van der Waals surface area contributed by atoms with E-state index in [0.717, 1.165) is 6.20 Å². The quantitative estimate of drug-likeness (QED) is 0.480. The molecule has 3 aromatic rings. The Morgan fingerprint density at radius 2 is 2.06 bits per heavy atom. The molecule has 36 heavy (non-hydrogen) atoms. The van der Waals surface area contributed by atoms with Crippen LogP contribution in [0.25, 0.3) is 5.70 Å². The number of anilines is 2. The minimum Gasteiger partial charge on any atom is -0.382 e. The second kappa shape index (κ2) is 9.25. The molecule has 8 nitrogen and oxygen atoms in total. The molecule has 0 bridgehead atoms. The summed E-state index contributed by atoms with van der Waals surface area (Å²) < 4.78 is 50.1. The Labute approximate surface area is 203 Å². The third-order valence-corrected chi connectivity index (χ3v) is 5.78. The number of nitrogen functional groups attached to an aromatic ring is 1. The van der Waals surface area contributed by atoms with Crippen molar-refractivity contribution in [3.63, 3.8) is 0 Å². The summed E-state index contributed by atoms with van der Waals surface area (Å²) in [5.41, 5.74) is 7.56. The summed E-state index contributed by atoms with van der Waals surface area (Å²) in [6.07, 6.45) is 9.53. The molecule has 11 heteroatoms. The molecule has 182 valence electrons. The zero-order valence-electron chi connectivity index (χ0n) is 18.8. The molecule has 1 aromatic carbocycles. The van der Waals surface area contributed by atoms with Crippen molar-refractivity contribution in [3.05, 3.63) is 95.6 Å². The number of halogens is 3. The number of carbonyl (C=O) groups excluding carboxylic acids is 1. The molecular weight excluding hydrogens is 473 g/mol. The van der Waals surface area contributed by atoms with Crippen LogP contribution in [0.3, 0.4) is 0 Å². The van der Waals surface area contributed by atoms with Crippen LogP contribution in [-0.2, 0) is 11.3 Å². The van der Waals surface area contributed by atoms with E-state index in [9.17, 15) is 18.0 Å². The maximum absolute atomic E-state index is 14.6. The van der Waals surface area contributed by atoms with Crippen molar-refractivity contribution in [2.45, 2.75) is 25.3 Å². The van der Waals surface area contributed by atoms with Crippen LogP contribution in [0.1, 0.15) is 29.9 Å². The highest BCUT2D eigenvalue weighted by Crippen LogP contribution is 2.31. The standard InChI is InChI=1S/C25H19F3N6O2/c26-17-9-5-4-6-15(17)14-34-20(18-10-11-36-33-18)12-21(34)23-30-13-19(22(29)32-23)31-24(35)25(27,28)16-7-2-1-3-8-16/h2,4-13H,1,3,14H2,(H2,29,32,33)/p+1. The van der Waals surface area contributed by atoms with E-state index in [2.05, 4.69) is 20.4 Å². The lowest BCUT2D eigenvalue weighted by atomic mass is 10.0. The number of nitrogens with one attached hydrogen (secondary N) is 1. The number of nitrogens with two attached hydrogens (primary N) is 1. The third-order valence-electron chi connectivity index (χ3n) is 5.78. The molecule has 1 amide bonds. The fraction of sp³-hybridized carbons (Fsp3) is 0.160. The number of benzene rings is 1. The number of allylic oxidation sites excluding steroid dienone is 4. The number of rotatable bonds is 7. The van der Waals surface area contributed by atoms with Gasteiger partial charge in [0.05, 0.1) is 17.8 Å². The summed E-state index contributed by atoms with van der Waals surface area (Å²) in [6, 6.07) is 7.97. The lowest BCUT2D eigenvalue weighted by molar-refractivity contribution is -0.458. The van der Waals surface area contributed by atoms with Gasteiger partial charge in [-0.1, -0.05) is 35.5 Å². The first-order chi connectivity index (χ1) is 17.3. The molecule has 1 aliphatic carbocycles. The van der Waals surface area contributed by atoms with Gasteiger partial charge in [0, 0.05) is 11.6 Å². The summed E-state index contributed by atoms with van der Waals surface area (Å²) in [4.78, 5) is 20.7. The van der Waals surface area contributed by atoms with Gasteiger partial charge in [-0.2, -0.15) is 13.4 Å². The number of amides is 1. The topological polar surface area (TPSA) is 110 Å². The van der Waals surface area contributed by atoms with E-state index in [-0.39, 0.29) is 35.3 Å². The molecule has 0 radical (unpaired) electrons. The van der Waals surface area contributed by atoms with E-state index in [1.807, 2.05) is 0 Å². The Kier molecular flexibility index (Phi) is 5.96. The molecule has 1 aliphatic heterocycles. The van der Waals surface area contributed by atoms with Crippen molar-refractivity contribution >= 4 is 28.8 Å². The lowest BCUT2D eigenvalue weighted by Gasteiger charge is -2.19. The molecule has 2 aliphatic rings.